The highest BCUT2D eigenvalue weighted by Gasteiger charge is 2.06. The molecule has 0 spiro atoms. The summed E-state index contributed by atoms with van der Waals surface area (Å²) >= 11 is 5.85. The monoisotopic (exact) mass is 219 g/mol. The first-order valence-electron chi connectivity index (χ1n) is 4.37. The average molecular weight is 220 g/mol. The van der Waals surface area contributed by atoms with Gasteiger partial charge in [0.05, 0.1) is 16.8 Å². The van der Waals surface area contributed by atoms with E-state index < -0.39 is 0 Å². The van der Waals surface area contributed by atoms with Crippen LogP contribution in [-0.4, -0.2) is 14.6 Å². The van der Waals surface area contributed by atoms with E-state index in [2.05, 4.69) is 10.1 Å². The molecular weight excluding hydrogens is 214 g/mol. The fraction of sp³-hybridized carbons (Fsp3) is 0. The van der Waals surface area contributed by atoms with E-state index in [1.54, 1.807) is 29.3 Å². The Labute approximate surface area is 90.1 Å². The highest BCUT2D eigenvalue weighted by Crippen LogP contribution is 2.17. The molecule has 0 unspecified atom stereocenters. The van der Waals surface area contributed by atoms with Gasteiger partial charge in [0.2, 0.25) is 0 Å². The molecule has 15 heavy (non-hydrogen) atoms. The molecule has 0 aliphatic carbocycles. The second kappa shape index (κ2) is 3.10. The van der Waals surface area contributed by atoms with Crippen molar-refractivity contribution < 1.29 is 4.42 Å². The third kappa shape index (κ3) is 1.39. The Kier molecular flexibility index (Phi) is 1.76. The van der Waals surface area contributed by atoms with Crippen LogP contribution in [-0.2, 0) is 0 Å². The Morgan fingerprint density at radius 2 is 2.20 bits per heavy atom. The van der Waals surface area contributed by atoms with Crippen LogP contribution in [0.25, 0.3) is 17.0 Å². The van der Waals surface area contributed by atoms with Crippen LogP contribution < -0.4 is 0 Å². The molecule has 0 bridgehead atoms. The zero-order chi connectivity index (χ0) is 10.3. The van der Waals surface area contributed by atoms with Crippen molar-refractivity contribution in [1.82, 2.24) is 14.6 Å². The van der Waals surface area contributed by atoms with E-state index >= 15 is 0 Å². The predicted octanol–water partition coefficient (Wildman–Crippen LogP) is 2.64. The SMILES string of the molecule is Clc1ccc2nc(-c3ccoc3)nn2c1. The predicted molar refractivity (Wildman–Crippen MR) is 55.7 cm³/mol. The fourth-order valence-electron chi connectivity index (χ4n) is 1.37. The number of halogens is 1. The minimum Gasteiger partial charge on any atom is -0.472 e. The molecule has 3 rings (SSSR count). The minimum absolute atomic E-state index is 0.631. The van der Waals surface area contributed by atoms with E-state index in [0.29, 0.717) is 10.8 Å². The summed E-state index contributed by atoms with van der Waals surface area (Å²) in [6, 6.07) is 5.42. The number of hydrogen-bond donors (Lipinski definition) is 0. The van der Waals surface area contributed by atoms with Crippen molar-refractivity contribution >= 4 is 17.2 Å². The second-order valence-corrected chi connectivity index (χ2v) is 3.53. The Hall–Kier alpha value is -1.81. The molecule has 0 radical (unpaired) electrons. The Bertz CT molecular complexity index is 600. The summed E-state index contributed by atoms with van der Waals surface area (Å²) in [7, 11) is 0. The summed E-state index contributed by atoms with van der Waals surface area (Å²) in [5, 5.41) is 4.91. The number of pyridine rings is 1. The maximum atomic E-state index is 5.85. The molecular formula is C10H6ClN3O. The molecule has 0 N–H and O–H groups in total. The molecule has 3 aromatic rings. The van der Waals surface area contributed by atoms with Gasteiger partial charge in [-0.25, -0.2) is 9.50 Å². The van der Waals surface area contributed by atoms with E-state index in [0.717, 1.165) is 11.2 Å². The van der Waals surface area contributed by atoms with Gasteiger partial charge < -0.3 is 4.42 Å². The van der Waals surface area contributed by atoms with Crippen LogP contribution in [0.15, 0.2) is 41.3 Å². The Morgan fingerprint density at radius 1 is 1.27 bits per heavy atom. The van der Waals surface area contributed by atoms with Crippen molar-refractivity contribution in [3.63, 3.8) is 0 Å². The summed E-state index contributed by atoms with van der Waals surface area (Å²) in [6.45, 7) is 0. The average Bonchev–Trinajstić information content (AvgIpc) is 2.84. The fourth-order valence-corrected chi connectivity index (χ4v) is 1.53. The highest BCUT2D eigenvalue weighted by molar-refractivity contribution is 6.30. The van der Waals surface area contributed by atoms with E-state index in [1.807, 2.05) is 12.1 Å². The van der Waals surface area contributed by atoms with E-state index in [9.17, 15) is 0 Å². The summed E-state index contributed by atoms with van der Waals surface area (Å²) < 4.78 is 6.62. The molecule has 0 aliphatic heterocycles. The zero-order valence-electron chi connectivity index (χ0n) is 7.59. The maximum absolute atomic E-state index is 5.85. The van der Waals surface area contributed by atoms with Crippen LogP contribution in [0.3, 0.4) is 0 Å². The van der Waals surface area contributed by atoms with Gasteiger partial charge in [0, 0.05) is 6.20 Å². The van der Waals surface area contributed by atoms with E-state index in [4.69, 9.17) is 16.0 Å². The first kappa shape index (κ1) is 8.49. The van der Waals surface area contributed by atoms with Crippen molar-refractivity contribution in [2.24, 2.45) is 0 Å². The quantitative estimate of drug-likeness (QED) is 0.632. The van der Waals surface area contributed by atoms with Crippen molar-refractivity contribution in [3.05, 3.63) is 41.9 Å². The van der Waals surface area contributed by atoms with Gasteiger partial charge in [0.15, 0.2) is 11.5 Å². The molecule has 74 valence electrons. The first-order chi connectivity index (χ1) is 7.33. The lowest BCUT2D eigenvalue weighted by Crippen LogP contribution is -1.85. The molecule has 3 heterocycles. The van der Waals surface area contributed by atoms with Crippen molar-refractivity contribution in [3.8, 4) is 11.4 Å². The highest BCUT2D eigenvalue weighted by atomic mass is 35.5. The zero-order valence-corrected chi connectivity index (χ0v) is 8.35. The lowest BCUT2D eigenvalue weighted by molar-refractivity contribution is 0.568. The molecule has 3 aromatic heterocycles. The number of rotatable bonds is 1. The molecule has 0 saturated heterocycles. The van der Waals surface area contributed by atoms with Gasteiger partial charge in [-0.2, -0.15) is 0 Å². The first-order valence-corrected chi connectivity index (χ1v) is 4.75. The normalized spacial score (nSPS) is 11.0. The number of nitrogens with zero attached hydrogens (tertiary/aromatic N) is 3. The van der Waals surface area contributed by atoms with Gasteiger partial charge in [0.1, 0.15) is 6.26 Å². The van der Waals surface area contributed by atoms with Crippen molar-refractivity contribution in [2.75, 3.05) is 0 Å². The van der Waals surface area contributed by atoms with Crippen LogP contribution in [0.1, 0.15) is 0 Å². The molecule has 5 heteroatoms. The third-order valence-electron chi connectivity index (χ3n) is 2.07. The van der Waals surface area contributed by atoms with Crippen molar-refractivity contribution in [1.29, 1.82) is 0 Å². The van der Waals surface area contributed by atoms with Crippen LogP contribution >= 0.6 is 11.6 Å². The van der Waals surface area contributed by atoms with Gasteiger partial charge in [-0.05, 0) is 18.2 Å². The molecule has 0 saturated carbocycles. The standard InChI is InChI=1S/C10H6ClN3O/c11-8-1-2-9-12-10(13-14(9)5-8)7-3-4-15-6-7/h1-6H. The second-order valence-electron chi connectivity index (χ2n) is 3.10. The van der Waals surface area contributed by atoms with Gasteiger partial charge in [-0.1, -0.05) is 11.6 Å². The summed E-state index contributed by atoms with van der Waals surface area (Å²) in [5.74, 6) is 0.631. The largest absolute Gasteiger partial charge is 0.472 e. The topological polar surface area (TPSA) is 43.3 Å². The van der Waals surface area contributed by atoms with E-state index in [1.165, 1.54) is 0 Å². The summed E-state index contributed by atoms with van der Waals surface area (Å²) in [6.07, 6.45) is 4.91. The number of aromatic nitrogens is 3. The third-order valence-corrected chi connectivity index (χ3v) is 2.30. The smallest absolute Gasteiger partial charge is 0.185 e. The summed E-state index contributed by atoms with van der Waals surface area (Å²) in [4.78, 5) is 4.33. The molecule has 0 aromatic carbocycles. The van der Waals surface area contributed by atoms with Gasteiger partial charge >= 0.3 is 0 Å². The van der Waals surface area contributed by atoms with Crippen LogP contribution in [0, 0.1) is 0 Å². The van der Waals surface area contributed by atoms with E-state index in [-0.39, 0.29) is 0 Å². The lowest BCUT2D eigenvalue weighted by Gasteiger charge is -1.89. The van der Waals surface area contributed by atoms with Crippen LogP contribution in [0.5, 0.6) is 0 Å². The molecule has 0 aliphatic rings. The van der Waals surface area contributed by atoms with Gasteiger partial charge in [-0.15, -0.1) is 5.10 Å². The maximum Gasteiger partial charge on any atom is 0.185 e. The molecule has 4 nitrogen and oxygen atoms in total. The Balaban J connectivity index is 2.22. The number of furan rings is 1. The Morgan fingerprint density at radius 3 is 3.00 bits per heavy atom. The number of fused-ring (bicyclic) bond motifs is 1. The number of hydrogen-bond acceptors (Lipinski definition) is 3. The van der Waals surface area contributed by atoms with Gasteiger partial charge in [0.25, 0.3) is 0 Å². The van der Waals surface area contributed by atoms with Gasteiger partial charge in [-0.3, -0.25) is 0 Å². The lowest BCUT2D eigenvalue weighted by atomic mass is 10.3. The van der Waals surface area contributed by atoms with Crippen LogP contribution in [0.2, 0.25) is 5.02 Å². The van der Waals surface area contributed by atoms with Crippen LogP contribution in [0.4, 0.5) is 0 Å². The van der Waals surface area contributed by atoms with Crippen molar-refractivity contribution in [2.45, 2.75) is 0 Å². The molecule has 0 atom stereocenters. The summed E-state index contributed by atoms with van der Waals surface area (Å²) in [5.41, 5.74) is 1.62. The minimum atomic E-state index is 0.631. The molecule has 0 amide bonds. The molecule has 0 fully saturated rings.